The predicted molar refractivity (Wildman–Crippen MR) is 81.4 cm³/mol. The molecule has 0 aromatic heterocycles. The van der Waals surface area contributed by atoms with E-state index in [9.17, 15) is 5.11 Å². The van der Waals surface area contributed by atoms with Gasteiger partial charge < -0.3 is 19.9 Å². The van der Waals surface area contributed by atoms with E-state index in [4.69, 9.17) is 9.47 Å². The van der Waals surface area contributed by atoms with E-state index < -0.39 is 6.10 Å². The number of ether oxygens (including phenoxy) is 2. The lowest BCUT2D eigenvalue weighted by atomic mass is 10.1. The first-order valence-electron chi connectivity index (χ1n) is 7.23. The minimum absolute atomic E-state index is 0.160. The van der Waals surface area contributed by atoms with Crippen LogP contribution < -0.4 is 10.1 Å². The second-order valence-corrected chi connectivity index (χ2v) is 5.16. The summed E-state index contributed by atoms with van der Waals surface area (Å²) in [5.41, 5.74) is 2.30. The summed E-state index contributed by atoms with van der Waals surface area (Å²) in [6.07, 6.45) is -0.364. The Labute approximate surface area is 122 Å². The van der Waals surface area contributed by atoms with Gasteiger partial charge in [0, 0.05) is 19.7 Å². The molecule has 1 rings (SSSR count). The molecule has 0 fully saturated rings. The number of hydrogen-bond acceptors (Lipinski definition) is 4. The highest BCUT2D eigenvalue weighted by atomic mass is 16.5. The van der Waals surface area contributed by atoms with E-state index in [1.807, 2.05) is 32.9 Å². The summed E-state index contributed by atoms with van der Waals surface area (Å²) in [6.45, 7) is 10.3. The normalized spacial score (nSPS) is 14.1. The monoisotopic (exact) mass is 281 g/mol. The summed E-state index contributed by atoms with van der Waals surface area (Å²) < 4.78 is 11.0. The van der Waals surface area contributed by atoms with Crippen LogP contribution in [0.3, 0.4) is 0 Å². The van der Waals surface area contributed by atoms with Crippen molar-refractivity contribution < 1.29 is 14.6 Å². The smallest absolute Gasteiger partial charge is 0.122 e. The summed E-state index contributed by atoms with van der Waals surface area (Å²) in [6, 6.07) is 6.03. The molecule has 0 radical (unpaired) electrons. The van der Waals surface area contributed by atoms with Crippen LogP contribution in [-0.2, 0) is 4.74 Å². The standard InChI is InChI=1S/C16H27NO3/c1-5-19-14(4)9-17-10-15(18)11-20-16-7-6-12(2)8-13(16)3/h6-8,14-15,17-18H,5,9-11H2,1-4H3. The van der Waals surface area contributed by atoms with Crippen molar-refractivity contribution in [1.29, 1.82) is 0 Å². The van der Waals surface area contributed by atoms with Gasteiger partial charge in [0.1, 0.15) is 18.5 Å². The quantitative estimate of drug-likeness (QED) is 0.727. The van der Waals surface area contributed by atoms with Gasteiger partial charge >= 0.3 is 0 Å². The average molecular weight is 281 g/mol. The van der Waals surface area contributed by atoms with E-state index in [2.05, 4.69) is 18.3 Å². The molecule has 0 amide bonds. The topological polar surface area (TPSA) is 50.7 Å². The molecule has 0 aliphatic carbocycles. The third kappa shape index (κ3) is 6.37. The molecule has 1 aromatic rings. The van der Waals surface area contributed by atoms with Gasteiger partial charge in [-0.05, 0) is 39.3 Å². The van der Waals surface area contributed by atoms with Gasteiger partial charge in [-0.15, -0.1) is 0 Å². The molecule has 0 aliphatic heterocycles. The van der Waals surface area contributed by atoms with E-state index in [1.165, 1.54) is 5.56 Å². The third-order valence-electron chi connectivity index (χ3n) is 3.02. The predicted octanol–water partition coefficient (Wildman–Crippen LogP) is 2.06. The van der Waals surface area contributed by atoms with E-state index in [0.29, 0.717) is 19.8 Å². The van der Waals surface area contributed by atoms with Gasteiger partial charge in [0.05, 0.1) is 6.10 Å². The molecule has 2 unspecified atom stereocenters. The van der Waals surface area contributed by atoms with Gasteiger partial charge in [0.15, 0.2) is 0 Å². The number of aliphatic hydroxyl groups excluding tert-OH is 1. The highest BCUT2D eigenvalue weighted by molar-refractivity contribution is 5.35. The number of aliphatic hydroxyl groups is 1. The average Bonchev–Trinajstić information content (AvgIpc) is 2.38. The molecule has 20 heavy (non-hydrogen) atoms. The summed E-state index contributed by atoms with van der Waals surface area (Å²) in [5, 5.41) is 13.0. The molecule has 0 heterocycles. The lowest BCUT2D eigenvalue weighted by Gasteiger charge is -2.17. The van der Waals surface area contributed by atoms with Crippen molar-refractivity contribution in [3.63, 3.8) is 0 Å². The molecule has 0 spiro atoms. The van der Waals surface area contributed by atoms with Crippen molar-refractivity contribution in [2.24, 2.45) is 0 Å². The molecule has 0 saturated carbocycles. The molecule has 0 saturated heterocycles. The first-order chi connectivity index (χ1) is 9.52. The molecular weight excluding hydrogens is 254 g/mol. The van der Waals surface area contributed by atoms with Crippen molar-refractivity contribution in [3.05, 3.63) is 29.3 Å². The van der Waals surface area contributed by atoms with Crippen LogP contribution in [0.25, 0.3) is 0 Å². The van der Waals surface area contributed by atoms with Gasteiger partial charge in [0.2, 0.25) is 0 Å². The highest BCUT2D eigenvalue weighted by Crippen LogP contribution is 2.18. The molecule has 114 valence electrons. The SMILES string of the molecule is CCOC(C)CNCC(O)COc1ccc(C)cc1C. The van der Waals surface area contributed by atoms with Gasteiger partial charge in [-0.3, -0.25) is 0 Å². The number of nitrogens with one attached hydrogen (secondary N) is 1. The van der Waals surface area contributed by atoms with Crippen molar-refractivity contribution in [1.82, 2.24) is 5.32 Å². The maximum absolute atomic E-state index is 9.87. The highest BCUT2D eigenvalue weighted by Gasteiger charge is 2.08. The first kappa shape index (κ1) is 17.0. The van der Waals surface area contributed by atoms with E-state index in [-0.39, 0.29) is 6.10 Å². The molecule has 4 nitrogen and oxygen atoms in total. The fourth-order valence-electron chi connectivity index (χ4n) is 2.00. The lowest BCUT2D eigenvalue weighted by molar-refractivity contribution is 0.0671. The zero-order chi connectivity index (χ0) is 15.0. The molecule has 1 aromatic carbocycles. The first-order valence-corrected chi connectivity index (χ1v) is 7.23. The number of hydrogen-bond donors (Lipinski definition) is 2. The van der Waals surface area contributed by atoms with Crippen molar-refractivity contribution in [2.75, 3.05) is 26.3 Å². The Balaban J connectivity index is 2.24. The summed E-state index contributed by atoms with van der Waals surface area (Å²) in [5.74, 6) is 0.831. The Morgan fingerprint density at radius 1 is 1.25 bits per heavy atom. The van der Waals surface area contributed by atoms with E-state index in [0.717, 1.165) is 17.9 Å². The molecule has 4 heteroatoms. The zero-order valence-corrected chi connectivity index (χ0v) is 13.0. The maximum atomic E-state index is 9.87. The van der Waals surface area contributed by atoms with Crippen LogP contribution >= 0.6 is 0 Å². The Kier molecular flexibility index (Phi) is 7.59. The summed E-state index contributed by atoms with van der Waals surface area (Å²) in [4.78, 5) is 0. The molecule has 0 bridgehead atoms. The summed E-state index contributed by atoms with van der Waals surface area (Å²) in [7, 11) is 0. The number of aryl methyl sites for hydroxylation is 2. The largest absolute Gasteiger partial charge is 0.491 e. The van der Waals surface area contributed by atoms with Crippen molar-refractivity contribution in [2.45, 2.75) is 39.9 Å². The Morgan fingerprint density at radius 3 is 2.65 bits per heavy atom. The van der Waals surface area contributed by atoms with Crippen LogP contribution in [0.5, 0.6) is 5.75 Å². The Morgan fingerprint density at radius 2 is 2.00 bits per heavy atom. The van der Waals surface area contributed by atoms with Crippen LogP contribution in [0, 0.1) is 13.8 Å². The third-order valence-corrected chi connectivity index (χ3v) is 3.02. The van der Waals surface area contributed by atoms with Crippen molar-refractivity contribution >= 4 is 0 Å². The second kappa shape index (κ2) is 8.95. The fraction of sp³-hybridized carbons (Fsp3) is 0.625. The minimum Gasteiger partial charge on any atom is -0.491 e. The van der Waals surface area contributed by atoms with Crippen LogP contribution in [0.2, 0.25) is 0 Å². The summed E-state index contributed by atoms with van der Waals surface area (Å²) >= 11 is 0. The fourth-order valence-corrected chi connectivity index (χ4v) is 2.00. The van der Waals surface area contributed by atoms with E-state index >= 15 is 0 Å². The second-order valence-electron chi connectivity index (χ2n) is 5.16. The molecule has 2 N–H and O–H groups in total. The Hall–Kier alpha value is -1.10. The van der Waals surface area contributed by atoms with Crippen LogP contribution in [0.4, 0.5) is 0 Å². The number of rotatable bonds is 9. The molecule has 0 aliphatic rings. The lowest BCUT2D eigenvalue weighted by Crippen LogP contribution is -2.35. The number of benzene rings is 1. The van der Waals surface area contributed by atoms with Crippen LogP contribution in [-0.4, -0.2) is 43.6 Å². The van der Waals surface area contributed by atoms with Gasteiger partial charge in [0.25, 0.3) is 0 Å². The van der Waals surface area contributed by atoms with Crippen LogP contribution in [0.1, 0.15) is 25.0 Å². The minimum atomic E-state index is -0.524. The molecule has 2 atom stereocenters. The Bertz CT molecular complexity index is 395. The zero-order valence-electron chi connectivity index (χ0n) is 13.0. The van der Waals surface area contributed by atoms with Crippen molar-refractivity contribution in [3.8, 4) is 5.75 Å². The maximum Gasteiger partial charge on any atom is 0.122 e. The van der Waals surface area contributed by atoms with Crippen LogP contribution in [0.15, 0.2) is 18.2 Å². The van der Waals surface area contributed by atoms with Gasteiger partial charge in [-0.1, -0.05) is 17.7 Å². The van der Waals surface area contributed by atoms with E-state index in [1.54, 1.807) is 0 Å². The van der Waals surface area contributed by atoms with Gasteiger partial charge in [-0.2, -0.15) is 0 Å². The van der Waals surface area contributed by atoms with Gasteiger partial charge in [-0.25, -0.2) is 0 Å². The molecular formula is C16H27NO3.